The van der Waals surface area contributed by atoms with Crippen LogP contribution in [-0.4, -0.2) is 22.0 Å². The molecule has 1 saturated heterocycles. The highest BCUT2D eigenvalue weighted by Gasteiger charge is 2.34. The molecule has 1 aliphatic rings. The highest BCUT2D eigenvalue weighted by Crippen LogP contribution is 2.33. The Bertz CT molecular complexity index is 892. The topological polar surface area (TPSA) is 66.5 Å². The first-order valence-electron chi connectivity index (χ1n) is 7.80. The van der Waals surface area contributed by atoms with Gasteiger partial charge in [-0.25, -0.2) is 0 Å². The number of hydrogen-bond donors (Lipinski definition) is 1. The number of carbonyl (C=O) groups excluding carboxylic acids is 3. The van der Waals surface area contributed by atoms with E-state index in [0.717, 1.165) is 26.5 Å². The number of rotatable bonds is 4. The lowest BCUT2D eigenvalue weighted by Gasteiger charge is -2.12. The smallest absolute Gasteiger partial charge is 0.293 e. The van der Waals surface area contributed by atoms with Crippen molar-refractivity contribution in [2.75, 3.05) is 5.32 Å². The van der Waals surface area contributed by atoms with Gasteiger partial charge in [-0.15, -0.1) is 0 Å². The van der Waals surface area contributed by atoms with Crippen LogP contribution >= 0.6 is 34.4 Å². The van der Waals surface area contributed by atoms with Crippen LogP contribution in [0.3, 0.4) is 0 Å². The van der Waals surface area contributed by atoms with Gasteiger partial charge in [-0.3, -0.25) is 19.3 Å². The Morgan fingerprint density at radius 1 is 1.12 bits per heavy atom. The molecular formula is C19H15IN2O3S. The largest absolute Gasteiger partial charge is 0.326 e. The van der Waals surface area contributed by atoms with Crippen LogP contribution in [0.15, 0.2) is 53.4 Å². The number of nitrogens with one attached hydrogen (secondary N) is 1. The minimum atomic E-state index is -0.288. The molecule has 1 aliphatic heterocycles. The maximum Gasteiger partial charge on any atom is 0.293 e. The van der Waals surface area contributed by atoms with Crippen LogP contribution in [0.25, 0.3) is 6.08 Å². The minimum Gasteiger partial charge on any atom is -0.326 e. The van der Waals surface area contributed by atoms with E-state index in [4.69, 9.17) is 0 Å². The van der Waals surface area contributed by atoms with Gasteiger partial charge in [0.15, 0.2) is 0 Å². The molecule has 0 aromatic heterocycles. The van der Waals surface area contributed by atoms with Gasteiger partial charge < -0.3 is 5.32 Å². The number of amides is 3. The van der Waals surface area contributed by atoms with Gasteiger partial charge in [-0.05, 0) is 75.8 Å². The maximum atomic E-state index is 12.6. The normalized spacial score (nSPS) is 15.6. The molecule has 1 N–H and O–H groups in total. The zero-order valence-corrected chi connectivity index (χ0v) is 16.8. The van der Waals surface area contributed by atoms with Crippen molar-refractivity contribution in [1.29, 1.82) is 0 Å². The molecule has 3 rings (SSSR count). The third-order valence-corrected chi connectivity index (χ3v) is 5.28. The number of imide groups is 1. The Kier molecular flexibility index (Phi) is 5.77. The molecule has 0 saturated carbocycles. The number of anilines is 1. The van der Waals surface area contributed by atoms with E-state index in [1.165, 1.54) is 11.8 Å². The van der Waals surface area contributed by atoms with Gasteiger partial charge in [0.05, 0.1) is 11.4 Å². The van der Waals surface area contributed by atoms with Gasteiger partial charge >= 0.3 is 0 Å². The first-order chi connectivity index (χ1) is 12.4. The van der Waals surface area contributed by atoms with E-state index < -0.39 is 0 Å². The predicted octanol–water partition coefficient (Wildman–Crippen LogP) is 4.49. The highest BCUT2D eigenvalue weighted by atomic mass is 127. The zero-order chi connectivity index (χ0) is 18.7. The number of thioether (sulfide) groups is 1. The second-order valence-corrected chi connectivity index (χ2v) is 7.94. The third-order valence-electron chi connectivity index (χ3n) is 3.66. The summed E-state index contributed by atoms with van der Waals surface area (Å²) in [5.74, 6) is -0.432. The minimum absolute atomic E-state index is 0.144. The Labute approximate surface area is 169 Å². The van der Waals surface area contributed by atoms with Crippen LogP contribution < -0.4 is 5.32 Å². The fourth-order valence-corrected chi connectivity index (χ4v) is 3.62. The molecule has 26 heavy (non-hydrogen) atoms. The molecule has 0 spiro atoms. The number of carbonyl (C=O) groups is 3. The first kappa shape index (κ1) is 18.7. The second kappa shape index (κ2) is 8.05. The molecule has 3 amide bonds. The summed E-state index contributed by atoms with van der Waals surface area (Å²) in [6, 6.07) is 14.8. The van der Waals surface area contributed by atoms with Crippen LogP contribution in [-0.2, 0) is 16.1 Å². The molecule has 0 bridgehead atoms. The molecule has 0 radical (unpaired) electrons. The molecule has 0 unspecified atom stereocenters. The predicted molar refractivity (Wildman–Crippen MR) is 111 cm³/mol. The van der Waals surface area contributed by atoms with E-state index in [1.54, 1.807) is 30.3 Å². The number of hydrogen-bond acceptors (Lipinski definition) is 4. The fourth-order valence-electron chi connectivity index (χ4n) is 2.43. The summed E-state index contributed by atoms with van der Waals surface area (Å²) < 4.78 is 1.10. The van der Waals surface area contributed by atoms with Gasteiger partial charge in [0, 0.05) is 16.2 Å². The van der Waals surface area contributed by atoms with Gasteiger partial charge in [0.1, 0.15) is 0 Å². The fraction of sp³-hybridized carbons (Fsp3) is 0.105. The second-order valence-electron chi connectivity index (χ2n) is 5.70. The van der Waals surface area contributed by atoms with Gasteiger partial charge in [-0.1, -0.05) is 24.3 Å². The lowest BCUT2D eigenvalue weighted by molar-refractivity contribution is -0.123. The van der Waals surface area contributed by atoms with E-state index in [2.05, 4.69) is 27.9 Å². The van der Waals surface area contributed by atoms with E-state index in [0.29, 0.717) is 10.6 Å². The Hall–Kier alpha value is -2.13. The van der Waals surface area contributed by atoms with Crippen LogP contribution in [0.2, 0.25) is 0 Å². The third kappa shape index (κ3) is 4.53. The average molecular weight is 478 g/mol. The van der Waals surface area contributed by atoms with Crippen LogP contribution in [0.1, 0.15) is 18.1 Å². The molecule has 2 aromatic rings. The molecule has 132 valence electrons. The summed E-state index contributed by atoms with van der Waals surface area (Å²) in [6.45, 7) is 1.71. The van der Waals surface area contributed by atoms with E-state index in [1.807, 2.05) is 24.3 Å². The molecule has 2 aromatic carbocycles. The number of halogens is 1. The summed E-state index contributed by atoms with van der Waals surface area (Å²) in [7, 11) is 0. The summed E-state index contributed by atoms with van der Waals surface area (Å²) in [6.07, 6.45) is 1.69. The highest BCUT2D eigenvalue weighted by molar-refractivity contribution is 14.1. The number of benzene rings is 2. The molecule has 5 nitrogen and oxygen atoms in total. The first-order valence-corrected chi connectivity index (χ1v) is 9.69. The Morgan fingerprint density at radius 2 is 1.77 bits per heavy atom. The summed E-state index contributed by atoms with van der Waals surface area (Å²) in [5, 5.41) is 2.42. The van der Waals surface area contributed by atoms with Crippen molar-refractivity contribution in [3.8, 4) is 0 Å². The Morgan fingerprint density at radius 3 is 2.38 bits per heavy atom. The standard InChI is InChI=1S/C19H15IN2O3S/c1-12(23)21-16-8-4-13(5-9-16)10-17-18(24)22(19(25)26-17)11-14-2-6-15(20)7-3-14/h2-10H,11H2,1H3,(H,21,23)/b17-10-. The quantitative estimate of drug-likeness (QED) is 0.520. The van der Waals surface area contributed by atoms with E-state index in [-0.39, 0.29) is 23.6 Å². The zero-order valence-electron chi connectivity index (χ0n) is 13.9. The van der Waals surface area contributed by atoms with E-state index >= 15 is 0 Å². The SMILES string of the molecule is CC(=O)Nc1ccc(/C=C2\SC(=O)N(Cc3ccc(I)cc3)C2=O)cc1. The molecule has 1 fully saturated rings. The van der Waals surface area contributed by atoms with Gasteiger partial charge in [0.2, 0.25) is 5.91 Å². The van der Waals surface area contributed by atoms with Crippen LogP contribution in [0.4, 0.5) is 10.5 Å². The van der Waals surface area contributed by atoms with E-state index in [9.17, 15) is 14.4 Å². The van der Waals surface area contributed by atoms with Crippen LogP contribution in [0.5, 0.6) is 0 Å². The van der Waals surface area contributed by atoms with Gasteiger partial charge in [-0.2, -0.15) is 0 Å². The van der Waals surface area contributed by atoms with Crippen molar-refractivity contribution >= 4 is 63.2 Å². The monoisotopic (exact) mass is 478 g/mol. The molecule has 7 heteroatoms. The lowest BCUT2D eigenvalue weighted by atomic mass is 10.2. The molecule has 1 heterocycles. The van der Waals surface area contributed by atoms with Crippen molar-refractivity contribution in [3.05, 3.63) is 68.1 Å². The average Bonchev–Trinajstić information content (AvgIpc) is 2.85. The lowest BCUT2D eigenvalue weighted by Crippen LogP contribution is -2.27. The van der Waals surface area contributed by atoms with Crippen LogP contribution in [0, 0.1) is 3.57 Å². The summed E-state index contributed by atoms with van der Waals surface area (Å²) >= 11 is 3.15. The summed E-state index contributed by atoms with van der Waals surface area (Å²) in [5.41, 5.74) is 2.38. The van der Waals surface area contributed by atoms with Crippen molar-refractivity contribution in [1.82, 2.24) is 4.90 Å². The van der Waals surface area contributed by atoms with Crippen molar-refractivity contribution in [2.24, 2.45) is 0 Å². The maximum absolute atomic E-state index is 12.6. The van der Waals surface area contributed by atoms with Crippen molar-refractivity contribution in [3.63, 3.8) is 0 Å². The molecule has 0 aliphatic carbocycles. The summed E-state index contributed by atoms with van der Waals surface area (Å²) in [4.78, 5) is 37.5. The molecular weight excluding hydrogens is 463 g/mol. The number of nitrogens with zero attached hydrogens (tertiary/aromatic N) is 1. The van der Waals surface area contributed by atoms with Crippen molar-refractivity contribution < 1.29 is 14.4 Å². The molecule has 0 atom stereocenters. The van der Waals surface area contributed by atoms with Crippen molar-refractivity contribution in [2.45, 2.75) is 13.5 Å². The Balaban J connectivity index is 1.74. The van der Waals surface area contributed by atoms with Gasteiger partial charge in [0.25, 0.3) is 11.1 Å².